The zero-order valence-electron chi connectivity index (χ0n) is 19.7. The van der Waals surface area contributed by atoms with E-state index in [1.165, 1.54) is 116 Å². The van der Waals surface area contributed by atoms with E-state index in [1.54, 1.807) is 16.7 Å². The lowest BCUT2D eigenvalue weighted by atomic mass is 9.80. The van der Waals surface area contributed by atoms with Crippen LogP contribution >= 0.6 is 0 Å². The number of hydrogen-bond acceptors (Lipinski definition) is 2. The summed E-state index contributed by atoms with van der Waals surface area (Å²) in [5, 5.41) is 2.95. The summed E-state index contributed by atoms with van der Waals surface area (Å²) in [6, 6.07) is 5.07. The average molecular weight is 428 g/mol. The molecule has 2 aromatic rings. The van der Waals surface area contributed by atoms with Gasteiger partial charge in [-0.15, -0.1) is 0 Å². The SMILES string of the molecule is CCC(C)C1=c2cc3c4c(c2Oc2c1cc1c5c2CCCN5CCC1)CCC[N+]=4CCC3. The van der Waals surface area contributed by atoms with Crippen molar-refractivity contribution in [2.45, 2.75) is 71.6 Å². The minimum Gasteiger partial charge on any atom is -0.455 e. The highest BCUT2D eigenvalue weighted by atomic mass is 16.5. The van der Waals surface area contributed by atoms with Gasteiger partial charge in [-0.25, -0.2) is 4.58 Å². The fourth-order valence-corrected chi connectivity index (χ4v) is 7.28. The van der Waals surface area contributed by atoms with E-state index in [1.807, 2.05) is 0 Å². The summed E-state index contributed by atoms with van der Waals surface area (Å²) in [4.78, 5) is 2.65. The number of ether oxygens (including phenoxy) is 1. The molecule has 0 aliphatic carbocycles. The van der Waals surface area contributed by atoms with Crippen molar-refractivity contribution in [1.82, 2.24) is 4.58 Å². The molecule has 3 nitrogen and oxygen atoms in total. The Hall–Kier alpha value is -2.29. The van der Waals surface area contributed by atoms with E-state index in [9.17, 15) is 0 Å². The van der Waals surface area contributed by atoms with Crippen molar-refractivity contribution >= 4 is 11.3 Å². The van der Waals surface area contributed by atoms with Gasteiger partial charge in [0, 0.05) is 53.5 Å². The second-order valence-electron chi connectivity index (χ2n) is 10.7. The third kappa shape index (κ3) is 2.57. The molecule has 1 unspecified atom stereocenters. The molecule has 7 rings (SSSR count). The summed E-state index contributed by atoms with van der Waals surface area (Å²) in [7, 11) is 0. The lowest BCUT2D eigenvalue weighted by Gasteiger charge is -2.39. The van der Waals surface area contributed by atoms with Crippen molar-refractivity contribution in [3.8, 4) is 11.5 Å². The number of nitrogens with zero attached hydrogens (tertiary/aromatic N) is 2. The highest BCUT2D eigenvalue weighted by molar-refractivity contribution is 5.83. The van der Waals surface area contributed by atoms with E-state index < -0.39 is 0 Å². The molecule has 32 heavy (non-hydrogen) atoms. The van der Waals surface area contributed by atoms with E-state index >= 15 is 0 Å². The summed E-state index contributed by atoms with van der Waals surface area (Å²) in [6.07, 6.45) is 11.0. The van der Waals surface area contributed by atoms with Crippen LogP contribution in [-0.4, -0.2) is 26.2 Å². The standard InChI is InChI=1S/C29H35N2O/c1-3-18(2)25-23-16-19-8-4-12-30-14-6-10-21(26(19)30)28(23)32-29-22-11-7-15-31-13-5-9-20(27(22)31)17-24(25)29/h16-18H,3-15H2,1-2H3/q+1. The Morgan fingerprint density at radius 2 is 1.66 bits per heavy atom. The topological polar surface area (TPSA) is 15.5 Å². The number of anilines is 1. The van der Waals surface area contributed by atoms with E-state index in [2.05, 4.69) is 35.5 Å². The van der Waals surface area contributed by atoms with Crippen LogP contribution in [0.2, 0.25) is 0 Å². The predicted molar refractivity (Wildman–Crippen MR) is 131 cm³/mol. The Morgan fingerprint density at radius 1 is 0.906 bits per heavy atom. The van der Waals surface area contributed by atoms with Crippen molar-refractivity contribution in [1.29, 1.82) is 0 Å². The van der Waals surface area contributed by atoms with Crippen molar-refractivity contribution < 1.29 is 4.74 Å². The number of aryl methyl sites for hydroxylation is 2. The van der Waals surface area contributed by atoms with Crippen LogP contribution in [0.3, 0.4) is 0 Å². The number of fused-ring (bicyclic) bond motifs is 4. The molecule has 5 heterocycles. The number of rotatable bonds is 2. The van der Waals surface area contributed by atoms with Crippen LogP contribution in [0.4, 0.5) is 5.69 Å². The van der Waals surface area contributed by atoms with E-state index in [-0.39, 0.29) is 0 Å². The van der Waals surface area contributed by atoms with Gasteiger partial charge in [-0.3, -0.25) is 0 Å². The molecule has 0 bridgehead atoms. The summed E-state index contributed by atoms with van der Waals surface area (Å²) in [5.74, 6) is 2.96. The van der Waals surface area contributed by atoms with Gasteiger partial charge in [0.25, 0.3) is 0 Å². The monoisotopic (exact) mass is 427 g/mol. The third-order valence-corrected chi connectivity index (χ3v) is 8.83. The Labute approximate surface area is 191 Å². The smallest absolute Gasteiger partial charge is 0.210 e. The van der Waals surface area contributed by atoms with Gasteiger partial charge in [0.15, 0.2) is 0 Å². The van der Waals surface area contributed by atoms with Crippen LogP contribution in [0.25, 0.3) is 5.57 Å². The zero-order chi connectivity index (χ0) is 21.4. The first-order valence-electron chi connectivity index (χ1n) is 13.2. The Bertz CT molecular complexity index is 1270. The molecule has 0 amide bonds. The quantitative estimate of drug-likeness (QED) is 0.670. The van der Waals surface area contributed by atoms with Crippen molar-refractivity contribution in [2.24, 2.45) is 5.92 Å². The van der Waals surface area contributed by atoms with Gasteiger partial charge < -0.3 is 9.64 Å². The molecule has 0 aromatic heterocycles. The first-order valence-corrected chi connectivity index (χ1v) is 13.2. The molecule has 5 aliphatic rings. The third-order valence-electron chi connectivity index (χ3n) is 8.83. The minimum atomic E-state index is 0.540. The van der Waals surface area contributed by atoms with Crippen LogP contribution < -0.4 is 24.8 Å². The molecule has 0 radical (unpaired) electrons. The molecule has 0 fully saturated rings. The fraction of sp³-hybridized carbons (Fsp3) is 0.552. The van der Waals surface area contributed by atoms with Gasteiger partial charge in [-0.1, -0.05) is 13.8 Å². The summed E-state index contributed by atoms with van der Waals surface area (Å²) >= 11 is 0. The van der Waals surface area contributed by atoms with Gasteiger partial charge in [0.1, 0.15) is 24.6 Å². The Morgan fingerprint density at radius 3 is 2.50 bits per heavy atom. The van der Waals surface area contributed by atoms with Crippen molar-refractivity contribution in [3.05, 3.63) is 50.5 Å². The van der Waals surface area contributed by atoms with E-state index in [4.69, 9.17) is 4.74 Å². The fourth-order valence-electron chi connectivity index (χ4n) is 7.28. The van der Waals surface area contributed by atoms with Crippen LogP contribution in [0, 0.1) is 5.92 Å². The molecule has 2 aromatic carbocycles. The summed E-state index contributed by atoms with van der Waals surface area (Å²) in [5.41, 5.74) is 10.7. The molecule has 0 saturated carbocycles. The molecular formula is C29H35N2O+. The van der Waals surface area contributed by atoms with Gasteiger partial charge in [-0.2, -0.15) is 0 Å². The molecule has 1 atom stereocenters. The normalized spacial score (nSPS) is 21.2. The number of benzene rings is 2. The highest BCUT2D eigenvalue weighted by Gasteiger charge is 2.35. The predicted octanol–water partition coefficient (Wildman–Crippen LogP) is 4.12. The average Bonchev–Trinajstić information content (AvgIpc) is 2.83. The summed E-state index contributed by atoms with van der Waals surface area (Å²) in [6.45, 7) is 9.63. The van der Waals surface area contributed by atoms with Crippen LogP contribution in [0.1, 0.15) is 73.8 Å². The first-order chi connectivity index (χ1) is 15.7. The molecule has 0 spiro atoms. The Kier molecular flexibility index (Phi) is 4.26. The second kappa shape index (κ2) is 7.10. The first kappa shape index (κ1) is 19.2. The molecule has 5 aliphatic heterocycles. The lowest BCUT2D eigenvalue weighted by molar-refractivity contribution is 0.429. The van der Waals surface area contributed by atoms with Crippen molar-refractivity contribution in [2.75, 3.05) is 31.1 Å². The van der Waals surface area contributed by atoms with E-state index in [0.29, 0.717) is 5.92 Å². The van der Waals surface area contributed by atoms with Gasteiger partial charge >= 0.3 is 0 Å². The lowest BCUT2D eigenvalue weighted by Crippen LogP contribution is -2.45. The molecule has 0 saturated heterocycles. The maximum atomic E-state index is 7.07. The number of hydrogen-bond donors (Lipinski definition) is 0. The summed E-state index contributed by atoms with van der Waals surface area (Å²) < 4.78 is 9.72. The second-order valence-corrected chi connectivity index (χ2v) is 10.7. The zero-order valence-corrected chi connectivity index (χ0v) is 19.7. The molecular weight excluding hydrogens is 392 g/mol. The maximum Gasteiger partial charge on any atom is 0.210 e. The molecule has 3 heteroatoms. The molecule has 0 N–H and O–H groups in total. The molecule has 166 valence electrons. The van der Waals surface area contributed by atoms with E-state index in [0.717, 1.165) is 12.8 Å². The minimum absolute atomic E-state index is 0.540. The van der Waals surface area contributed by atoms with Gasteiger partial charge in [0.2, 0.25) is 5.36 Å². The Balaban J connectivity index is 1.59. The van der Waals surface area contributed by atoms with Crippen LogP contribution in [0.5, 0.6) is 11.5 Å². The highest BCUT2D eigenvalue weighted by Crippen LogP contribution is 2.48. The maximum absolute atomic E-state index is 7.07. The van der Waals surface area contributed by atoms with Crippen LogP contribution in [-0.2, 0) is 25.7 Å². The van der Waals surface area contributed by atoms with Gasteiger partial charge in [-0.05, 0) is 74.1 Å². The van der Waals surface area contributed by atoms with Crippen LogP contribution in [0.15, 0.2) is 12.1 Å². The largest absolute Gasteiger partial charge is 0.455 e. The van der Waals surface area contributed by atoms with Gasteiger partial charge in [0.05, 0.1) is 5.56 Å². The van der Waals surface area contributed by atoms with Crippen molar-refractivity contribution in [3.63, 3.8) is 0 Å².